The predicted octanol–water partition coefficient (Wildman–Crippen LogP) is 6.15. The monoisotopic (exact) mass is 354 g/mol. The molecule has 2 aromatic carbocycles. The average molecular weight is 354 g/mol. The maximum atomic E-state index is 14.7. The summed E-state index contributed by atoms with van der Waals surface area (Å²) in [5, 5.41) is 0. The minimum atomic E-state index is -0.192. The summed E-state index contributed by atoms with van der Waals surface area (Å²) in [6.07, 6.45) is 5.65. The zero-order chi connectivity index (χ0) is 18.5. The van der Waals surface area contributed by atoms with E-state index in [1.807, 2.05) is 18.2 Å². The number of Topliss-reactive ketones (excluding diaryl/α,β-unsaturated/α-hetero) is 1. The first kappa shape index (κ1) is 18.8. The van der Waals surface area contributed by atoms with Crippen LogP contribution >= 0.6 is 0 Å². The second-order valence-electron chi connectivity index (χ2n) is 7.22. The van der Waals surface area contributed by atoms with Crippen LogP contribution in [0.4, 0.5) is 4.39 Å². The van der Waals surface area contributed by atoms with Gasteiger partial charge in [0.25, 0.3) is 0 Å². The second kappa shape index (κ2) is 8.59. The van der Waals surface area contributed by atoms with E-state index >= 15 is 0 Å². The Hall–Kier alpha value is -2.00. The van der Waals surface area contributed by atoms with Gasteiger partial charge >= 0.3 is 0 Å². The highest BCUT2D eigenvalue weighted by Gasteiger charge is 2.23. The van der Waals surface area contributed by atoms with E-state index < -0.39 is 0 Å². The van der Waals surface area contributed by atoms with E-state index in [4.69, 9.17) is 4.74 Å². The van der Waals surface area contributed by atoms with Gasteiger partial charge in [-0.25, -0.2) is 4.39 Å². The van der Waals surface area contributed by atoms with Crippen LogP contribution in [0, 0.1) is 5.82 Å². The number of ether oxygens (including phenoxy) is 1. The van der Waals surface area contributed by atoms with E-state index in [1.54, 1.807) is 18.2 Å². The Morgan fingerprint density at radius 3 is 2.35 bits per heavy atom. The smallest absolute Gasteiger partial charge is 0.159 e. The van der Waals surface area contributed by atoms with Gasteiger partial charge in [-0.3, -0.25) is 4.79 Å². The lowest BCUT2D eigenvalue weighted by atomic mass is 9.82. The SMILES string of the molecule is CCCO[C@H]1CC[C@H](c2ccc(-c3ccc(C(C)=O)cc3)c(F)c2)CC1. The van der Waals surface area contributed by atoms with Gasteiger partial charge in [-0.15, -0.1) is 0 Å². The van der Waals surface area contributed by atoms with Crippen LogP contribution in [0.3, 0.4) is 0 Å². The van der Waals surface area contributed by atoms with Gasteiger partial charge in [-0.05, 0) is 62.1 Å². The molecular formula is C23H27FO2. The highest BCUT2D eigenvalue weighted by Crippen LogP contribution is 2.36. The second-order valence-corrected chi connectivity index (χ2v) is 7.22. The number of hydrogen-bond donors (Lipinski definition) is 0. The average Bonchev–Trinajstić information content (AvgIpc) is 2.67. The van der Waals surface area contributed by atoms with Crippen molar-refractivity contribution in [2.24, 2.45) is 0 Å². The summed E-state index contributed by atoms with van der Waals surface area (Å²) in [7, 11) is 0. The third-order valence-corrected chi connectivity index (χ3v) is 5.30. The van der Waals surface area contributed by atoms with Gasteiger partial charge in [0.1, 0.15) is 5.82 Å². The van der Waals surface area contributed by atoms with Crippen molar-refractivity contribution >= 4 is 5.78 Å². The highest BCUT2D eigenvalue weighted by molar-refractivity contribution is 5.94. The predicted molar refractivity (Wildman–Crippen MR) is 103 cm³/mol. The lowest BCUT2D eigenvalue weighted by Crippen LogP contribution is -2.21. The van der Waals surface area contributed by atoms with Crippen molar-refractivity contribution < 1.29 is 13.9 Å². The van der Waals surface area contributed by atoms with Crippen molar-refractivity contribution in [1.29, 1.82) is 0 Å². The summed E-state index contributed by atoms with van der Waals surface area (Å²) in [6.45, 7) is 4.50. The Kier molecular flexibility index (Phi) is 6.20. The van der Waals surface area contributed by atoms with E-state index in [0.717, 1.165) is 49.8 Å². The van der Waals surface area contributed by atoms with Crippen LogP contribution in [0.15, 0.2) is 42.5 Å². The number of hydrogen-bond acceptors (Lipinski definition) is 2. The van der Waals surface area contributed by atoms with Gasteiger partial charge < -0.3 is 4.74 Å². The first-order valence-electron chi connectivity index (χ1n) is 9.61. The molecule has 0 aromatic heterocycles. The largest absolute Gasteiger partial charge is 0.378 e. The van der Waals surface area contributed by atoms with Gasteiger partial charge in [0.15, 0.2) is 5.78 Å². The van der Waals surface area contributed by atoms with Crippen LogP contribution in [0.5, 0.6) is 0 Å². The number of rotatable bonds is 6. The molecule has 0 N–H and O–H groups in total. The standard InChI is InChI=1S/C23H27FO2/c1-3-14-26-21-11-8-18(9-12-21)20-10-13-22(23(24)15-20)19-6-4-17(5-7-19)16(2)25/h4-7,10,13,15,18,21H,3,8-9,11-12,14H2,1-2H3/t18-,21-. The maximum Gasteiger partial charge on any atom is 0.159 e. The Balaban J connectivity index is 1.69. The zero-order valence-corrected chi connectivity index (χ0v) is 15.6. The molecule has 2 aromatic rings. The normalized spacial score (nSPS) is 20.1. The molecule has 1 saturated carbocycles. The van der Waals surface area contributed by atoms with E-state index in [2.05, 4.69) is 13.0 Å². The van der Waals surface area contributed by atoms with Crippen molar-refractivity contribution in [3.05, 3.63) is 59.4 Å². The Labute approximate surface area is 155 Å². The molecule has 0 unspecified atom stereocenters. The fourth-order valence-corrected chi connectivity index (χ4v) is 3.75. The number of carbonyl (C=O) groups excluding carboxylic acids is 1. The molecule has 138 valence electrons. The molecule has 0 saturated heterocycles. The molecule has 0 heterocycles. The molecule has 26 heavy (non-hydrogen) atoms. The summed E-state index contributed by atoms with van der Waals surface area (Å²) in [5.41, 5.74) is 3.12. The lowest BCUT2D eigenvalue weighted by Gasteiger charge is -2.29. The lowest BCUT2D eigenvalue weighted by molar-refractivity contribution is 0.0251. The van der Waals surface area contributed by atoms with Crippen LogP contribution in [-0.4, -0.2) is 18.5 Å². The van der Waals surface area contributed by atoms with Gasteiger partial charge in [-0.1, -0.05) is 43.3 Å². The molecule has 0 radical (unpaired) electrons. The molecule has 2 nitrogen and oxygen atoms in total. The molecule has 1 fully saturated rings. The molecule has 3 heteroatoms. The van der Waals surface area contributed by atoms with E-state index in [1.165, 1.54) is 6.92 Å². The Morgan fingerprint density at radius 1 is 1.08 bits per heavy atom. The van der Waals surface area contributed by atoms with E-state index in [9.17, 15) is 9.18 Å². The van der Waals surface area contributed by atoms with Crippen molar-refractivity contribution in [2.45, 2.75) is 58.0 Å². The van der Waals surface area contributed by atoms with Crippen LogP contribution in [0.2, 0.25) is 0 Å². The molecule has 0 spiro atoms. The molecule has 1 aliphatic carbocycles. The van der Waals surface area contributed by atoms with Gasteiger partial charge in [-0.2, -0.15) is 0 Å². The third-order valence-electron chi connectivity index (χ3n) is 5.30. The minimum absolute atomic E-state index is 0.0193. The van der Waals surface area contributed by atoms with E-state index in [0.29, 0.717) is 23.1 Å². The summed E-state index contributed by atoms with van der Waals surface area (Å²) in [4.78, 5) is 11.4. The van der Waals surface area contributed by atoms with Crippen molar-refractivity contribution in [3.63, 3.8) is 0 Å². The number of ketones is 1. The third kappa shape index (κ3) is 4.39. The highest BCUT2D eigenvalue weighted by atomic mass is 19.1. The van der Waals surface area contributed by atoms with Crippen LogP contribution in [0.25, 0.3) is 11.1 Å². The van der Waals surface area contributed by atoms with Crippen LogP contribution in [-0.2, 0) is 4.74 Å². The molecule has 0 atom stereocenters. The van der Waals surface area contributed by atoms with Crippen LogP contribution in [0.1, 0.15) is 67.8 Å². The Morgan fingerprint density at radius 2 is 1.77 bits per heavy atom. The van der Waals surface area contributed by atoms with Crippen molar-refractivity contribution in [2.75, 3.05) is 6.61 Å². The first-order valence-corrected chi connectivity index (χ1v) is 9.61. The Bertz CT molecular complexity index is 743. The molecule has 3 rings (SSSR count). The molecule has 1 aliphatic rings. The molecular weight excluding hydrogens is 327 g/mol. The topological polar surface area (TPSA) is 26.3 Å². The van der Waals surface area contributed by atoms with Gasteiger partial charge in [0.2, 0.25) is 0 Å². The summed E-state index contributed by atoms with van der Waals surface area (Å²) in [6, 6.07) is 12.7. The first-order chi connectivity index (χ1) is 12.6. The van der Waals surface area contributed by atoms with Gasteiger partial charge in [0.05, 0.1) is 6.10 Å². The van der Waals surface area contributed by atoms with Crippen molar-refractivity contribution in [1.82, 2.24) is 0 Å². The quantitative estimate of drug-likeness (QED) is 0.582. The number of halogens is 1. The number of benzene rings is 2. The summed E-state index contributed by atoms with van der Waals surface area (Å²) in [5.74, 6) is 0.244. The zero-order valence-electron chi connectivity index (χ0n) is 15.6. The number of carbonyl (C=O) groups is 1. The maximum absolute atomic E-state index is 14.7. The van der Waals surface area contributed by atoms with Crippen molar-refractivity contribution in [3.8, 4) is 11.1 Å². The molecule has 0 aliphatic heterocycles. The van der Waals surface area contributed by atoms with E-state index in [-0.39, 0.29) is 11.6 Å². The summed E-state index contributed by atoms with van der Waals surface area (Å²) < 4.78 is 20.5. The minimum Gasteiger partial charge on any atom is -0.378 e. The van der Waals surface area contributed by atoms with Crippen LogP contribution < -0.4 is 0 Å². The molecule has 0 amide bonds. The molecule has 0 bridgehead atoms. The fourth-order valence-electron chi connectivity index (χ4n) is 3.75. The fraction of sp³-hybridized carbons (Fsp3) is 0.435. The summed E-state index contributed by atoms with van der Waals surface area (Å²) >= 11 is 0. The van der Waals surface area contributed by atoms with Gasteiger partial charge in [0, 0.05) is 17.7 Å².